The van der Waals surface area contributed by atoms with E-state index in [1.54, 1.807) is 0 Å². The van der Waals surface area contributed by atoms with Gasteiger partial charge in [-0.25, -0.2) is 0 Å². The topological polar surface area (TPSA) is 0 Å². The number of benzene rings is 1. The SMILES string of the molecule is ClCCSc1ccccc1I. The van der Waals surface area contributed by atoms with Gasteiger partial charge in [-0.2, -0.15) is 0 Å². The molecule has 0 heterocycles. The molecule has 0 aliphatic heterocycles. The minimum absolute atomic E-state index is 0.718. The van der Waals surface area contributed by atoms with Crippen LogP contribution < -0.4 is 0 Å². The van der Waals surface area contributed by atoms with Crippen molar-refractivity contribution in [1.29, 1.82) is 0 Å². The van der Waals surface area contributed by atoms with Gasteiger partial charge in [-0.1, -0.05) is 12.1 Å². The third-order valence-electron chi connectivity index (χ3n) is 1.17. The van der Waals surface area contributed by atoms with E-state index in [2.05, 4.69) is 40.8 Å². The Kier molecular flexibility index (Phi) is 4.64. The highest BCUT2D eigenvalue weighted by Gasteiger charge is 1.96. The molecule has 0 unspecified atom stereocenters. The molecule has 0 bridgehead atoms. The molecule has 0 amide bonds. The Labute approximate surface area is 89.8 Å². The second-order valence-corrected chi connectivity index (χ2v) is 4.64. The molecule has 0 atom stereocenters. The summed E-state index contributed by atoms with van der Waals surface area (Å²) in [5.74, 6) is 1.71. The van der Waals surface area contributed by atoms with Crippen molar-refractivity contribution in [3.63, 3.8) is 0 Å². The van der Waals surface area contributed by atoms with Crippen LogP contribution in [0.3, 0.4) is 0 Å². The van der Waals surface area contributed by atoms with Crippen molar-refractivity contribution in [3.05, 3.63) is 27.8 Å². The van der Waals surface area contributed by atoms with Crippen LogP contribution >= 0.6 is 46.0 Å². The highest BCUT2D eigenvalue weighted by atomic mass is 127. The van der Waals surface area contributed by atoms with Crippen molar-refractivity contribution in [1.82, 2.24) is 0 Å². The van der Waals surface area contributed by atoms with E-state index in [1.165, 1.54) is 8.47 Å². The Morgan fingerprint density at radius 1 is 1.36 bits per heavy atom. The summed E-state index contributed by atoms with van der Waals surface area (Å²) in [7, 11) is 0. The average molecular weight is 299 g/mol. The van der Waals surface area contributed by atoms with Crippen molar-refractivity contribution in [2.24, 2.45) is 0 Å². The van der Waals surface area contributed by atoms with Crippen molar-refractivity contribution in [2.45, 2.75) is 4.90 Å². The molecule has 0 aliphatic carbocycles. The summed E-state index contributed by atoms with van der Waals surface area (Å²) in [4.78, 5) is 1.33. The van der Waals surface area contributed by atoms with E-state index in [0.717, 1.165) is 11.6 Å². The van der Waals surface area contributed by atoms with E-state index in [1.807, 2.05) is 17.8 Å². The predicted octanol–water partition coefficient (Wildman–Crippen LogP) is 3.62. The predicted molar refractivity (Wildman–Crippen MR) is 60.6 cm³/mol. The van der Waals surface area contributed by atoms with Crippen LogP contribution in [0.15, 0.2) is 29.2 Å². The fraction of sp³-hybridized carbons (Fsp3) is 0.250. The average Bonchev–Trinajstić information content (AvgIpc) is 2.03. The van der Waals surface area contributed by atoms with Crippen LogP contribution in [-0.2, 0) is 0 Å². The standard InChI is InChI=1S/C8H8ClIS/c9-5-6-11-8-4-2-1-3-7(8)10/h1-4H,5-6H2. The molecular weight excluding hydrogens is 291 g/mol. The van der Waals surface area contributed by atoms with E-state index in [9.17, 15) is 0 Å². The first kappa shape index (κ1) is 9.68. The van der Waals surface area contributed by atoms with Crippen molar-refractivity contribution < 1.29 is 0 Å². The lowest BCUT2D eigenvalue weighted by atomic mass is 10.4. The summed E-state index contributed by atoms with van der Waals surface area (Å²) in [6.45, 7) is 0. The van der Waals surface area contributed by atoms with Crippen LogP contribution in [0.1, 0.15) is 0 Å². The number of alkyl halides is 1. The van der Waals surface area contributed by atoms with Gasteiger partial charge in [-0.3, -0.25) is 0 Å². The van der Waals surface area contributed by atoms with Crippen LogP contribution in [0.2, 0.25) is 0 Å². The van der Waals surface area contributed by atoms with Gasteiger partial charge in [0.05, 0.1) is 0 Å². The first-order valence-corrected chi connectivity index (χ1v) is 5.88. The largest absolute Gasteiger partial charge is 0.126 e. The summed E-state index contributed by atoms with van der Waals surface area (Å²) < 4.78 is 1.31. The van der Waals surface area contributed by atoms with Crippen molar-refractivity contribution in [3.8, 4) is 0 Å². The molecular formula is C8H8ClIS. The number of halogens is 2. The molecule has 0 N–H and O–H groups in total. The van der Waals surface area contributed by atoms with E-state index >= 15 is 0 Å². The van der Waals surface area contributed by atoms with Gasteiger partial charge < -0.3 is 0 Å². The number of hydrogen-bond acceptors (Lipinski definition) is 1. The lowest BCUT2D eigenvalue weighted by molar-refractivity contribution is 1.38. The summed E-state index contributed by atoms with van der Waals surface area (Å²) in [5, 5.41) is 0. The minimum Gasteiger partial charge on any atom is -0.126 e. The maximum Gasteiger partial charge on any atom is 0.0317 e. The maximum absolute atomic E-state index is 5.58. The van der Waals surface area contributed by atoms with Crippen LogP contribution in [-0.4, -0.2) is 11.6 Å². The second kappa shape index (κ2) is 5.27. The van der Waals surface area contributed by atoms with Crippen LogP contribution in [0.4, 0.5) is 0 Å². The smallest absolute Gasteiger partial charge is 0.0317 e. The quantitative estimate of drug-likeness (QED) is 0.466. The molecule has 1 rings (SSSR count). The molecule has 60 valence electrons. The Balaban J connectivity index is 2.62. The fourth-order valence-corrected chi connectivity index (χ4v) is 2.47. The highest BCUT2D eigenvalue weighted by molar-refractivity contribution is 14.1. The molecule has 0 saturated carbocycles. The second-order valence-electron chi connectivity index (χ2n) is 1.97. The first-order valence-electron chi connectivity index (χ1n) is 3.28. The fourth-order valence-electron chi connectivity index (χ4n) is 0.710. The molecule has 0 radical (unpaired) electrons. The van der Waals surface area contributed by atoms with E-state index in [0.29, 0.717) is 0 Å². The molecule has 0 spiro atoms. The number of rotatable bonds is 3. The van der Waals surface area contributed by atoms with Gasteiger partial charge in [0.1, 0.15) is 0 Å². The summed E-state index contributed by atoms with van der Waals surface area (Å²) in [6, 6.07) is 8.33. The van der Waals surface area contributed by atoms with Gasteiger partial charge >= 0.3 is 0 Å². The van der Waals surface area contributed by atoms with Gasteiger partial charge in [-0.05, 0) is 34.7 Å². The molecule has 1 aromatic carbocycles. The summed E-state index contributed by atoms with van der Waals surface area (Å²) in [5.41, 5.74) is 0. The minimum atomic E-state index is 0.718. The number of thioether (sulfide) groups is 1. The number of hydrogen-bond donors (Lipinski definition) is 0. The van der Waals surface area contributed by atoms with Crippen molar-refractivity contribution >= 4 is 46.0 Å². The maximum atomic E-state index is 5.58. The molecule has 0 fully saturated rings. The van der Waals surface area contributed by atoms with Crippen LogP contribution in [0.5, 0.6) is 0 Å². The zero-order valence-electron chi connectivity index (χ0n) is 5.89. The van der Waals surface area contributed by atoms with E-state index in [-0.39, 0.29) is 0 Å². The van der Waals surface area contributed by atoms with Crippen LogP contribution in [0, 0.1) is 3.57 Å². The van der Waals surface area contributed by atoms with Gasteiger partial charge in [0, 0.05) is 20.1 Å². The lowest BCUT2D eigenvalue weighted by Crippen LogP contribution is -1.81. The summed E-state index contributed by atoms with van der Waals surface area (Å²) in [6.07, 6.45) is 0. The monoisotopic (exact) mass is 298 g/mol. The zero-order chi connectivity index (χ0) is 8.10. The van der Waals surface area contributed by atoms with Gasteiger partial charge in [0.25, 0.3) is 0 Å². The normalized spacial score (nSPS) is 10.0. The Bertz CT molecular complexity index is 227. The molecule has 3 heteroatoms. The Morgan fingerprint density at radius 2 is 2.09 bits per heavy atom. The van der Waals surface area contributed by atoms with Gasteiger partial charge in [0.2, 0.25) is 0 Å². The van der Waals surface area contributed by atoms with E-state index in [4.69, 9.17) is 11.6 Å². The van der Waals surface area contributed by atoms with Crippen molar-refractivity contribution in [2.75, 3.05) is 11.6 Å². The third-order valence-corrected chi connectivity index (χ3v) is 3.97. The van der Waals surface area contributed by atoms with Crippen LogP contribution in [0.25, 0.3) is 0 Å². The molecule has 0 nitrogen and oxygen atoms in total. The van der Waals surface area contributed by atoms with Gasteiger partial charge in [-0.15, -0.1) is 23.4 Å². The lowest BCUT2D eigenvalue weighted by Gasteiger charge is -2.00. The summed E-state index contributed by atoms with van der Waals surface area (Å²) >= 11 is 9.72. The van der Waals surface area contributed by atoms with E-state index < -0.39 is 0 Å². The van der Waals surface area contributed by atoms with Gasteiger partial charge in [0.15, 0.2) is 0 Å². The Hall–Kier alpha value is 0.590. The molecule has 11 heavy (non-hydrogen) atoms. The highest BCUT2D eigenvalue weighted by Crippen LogP contribution is 2.23. The third kappa shape index (κ3) is 3.22. The Morgan fingerprint density at radius 3 is 2.73 bits per heavy atom. The molecule has 1 aromatic rings. The zero-order valence-corrected chi connectivity index (χ0v) is 9.62. The molecule has 0 aliphatic rings. The molecule has 0 saturated heterocycles. The molecule has 0 aromatic heterocycles. The first-order chi connectivity index (χ1) is 5.34.